The summed E-state index contributed by atoms with van der Waals surface area (Å²) in [5.41, 5.74) is 0.417. The highest BCUT2D eigenvalue weighted by molar-refractivity contribution is 4.82. The van der Waals surface area contributed by atoms with Crippen molar-refractivity contribution >= 4 is 0 Å². The number of hydrogen-bond donors (Lipinski definition) is 0. The molecule has 152 valence electrons. The molecule has 0 spiro atoms. The molecule has 0 saturated carbocycles. The van der Waals surface area contributed by atoms with Crippen molar-refractivity contribution in [2.24, 2.45) is 11.3 Å². The number of ether oxygens (including phenoxy) is 1. The smallest absolute Gasteiger partial charge is 0.0706 e. The van der Waals surface area contributed by atoms with E-state index in [0.717, 1.165) is 5.92 Å². The fourth-order valence-electron chi connectivity index (χ4n) is 5.16. The van der Waals surface area contributed by atoms with Gasteiger partial charge in [0.05, 0.1) is 12.2 Å². The zero-order valence-electron chi connectivity index (χ0n) is 17.9. The van der Waals surface area contributed by atoms with Gasteiger partial charge in [0.15, 0.2) is 0 Å². The summed E-state index contributed by atoms with van der Waals surface area (Å²) in [4.78, 5) is 7.86. The Morgan fingerprint density at radius 2 is 1.50 bits per heavy atom. The molecule has 3 saturated heterocycles. The van der Waals surface area contributed by atoms with Crippen LogP contribution in [-0.4, -0.2) is 86.3 Å². The molecule has 4 nitrogen and oxygen atoms in total. The molecule has 0 bridgehead atoms. The molecule has 0 amide bonds. The molecule has 0 aromatic heterocycles. The minimum Gasteiger partial charge on any atom is -0.374 e. The first kappa shape index (κ1) is 20.6. The van der Waals surface area contributed by atoms with E-state index in [1.54, 1.807) is 0 Å². The minimum absolute atomic E-state index is 0.417. The molecule has 3 rings (SSSR count). The standard InChI is InChI=1S/C22H43N3O/c1-22(2,3)18-25-12-5-7-19(16-25)15-24-11-6-8-21(17-24)26-20-9-13-23(4)14-10-20/h19-21H,5-18H2,1-4H3. The third kappa shape index (κ3) is 6.78. The van der Waals surface area contributed by atoms with E-state index in [2.05, 4.69) is 42.5 Å². The largest absolute Gasteiger partial charge is 0.374 e. The molecule has 0 N–H and O–H groups in total. The molecule has 4 heteroatoms. The molecule has 3 fully saturated rings. The van der Waals surface area contributed by atoms with E-state index in [0.29, 0.717) is 17.6 Å². The van der Waals surface area contributed by atoms with Crippen molar-refractivity contribution in [3.63, 3.8) is 0 Å². The second kappa shape index (κ2) is 9.36. The summed E-state index contributed by atoms with van der Waals surface area (Å²) < 4.78 is 6.51. The van der Waals surface area contributed by atoms with Gasteiger partial charge >= 0.3 is 0 Å². The summed E-state index contributed by atoms with van der Waals surface area (Å²) in [6, 6.07) is 0. The third-order valence-electron chi connectivity index (χ3n) is 6.33. The van der Waals surface area contributed by atoms with Gasteiger partial charge in [0, 0.05) is 39.3 Å². The third-order valence-corrected chi connectivity index (χ3v) is 6.33. The highest BCUT2D eigenvalue weighted by Crippen LogP contribution is 2.25. The Morgan fingerprint density at radius 3 is 2.23 bits per heavy atom. The lowest BCUT2D eigenvalue weighted by Crippen LogP contribution is -2.48. The van der Waals surface area contributed by atoms with Crippen LogP contribution in [0.1, 0.15) is 59.3 Å². The molecule has 2 unspecified atom stereocenters. The van der Waals surface area contributed by atoms with Crippen LogP contribution in [-0.2, 0) is 4.74 Å². The summed E-state index contributed by atoms with van der Waals surface area (Å²) in [6.07, 6.45) is 8.80. The van der Waals surface area contributed by atoms with Gasteiger partial charge in [-0.3, -0.25) is 0 Å². The highest BCUT2D eigenvalue weighted by atomic mass is 16.5. The Balaban J connectivity index is 1.41. The first-order valence-corrected chi connectivity index (χ1v) is 11.2. The first-order chi connectivity index (χ1) is 12.4. The molecule has 0 aromatic rings. The topological polar surface area (TPSA) is 19.0 Å². The van der Waals surface area contributed by atoms with Gasteiger partial charge in [-0.15, -0.1) is 0 Å². The van der Waals surface area contributed by atoms with E-state index in [1.807, 2.05) is 0 Å². The number of likely N-dealkylation sites (tertiary alicyclic amines) is 3. The lowest BCUT2D eigenvalue weighted by atomic mass is 9.91. The number of rotatable bonds is 5. The van der Waals surface area contributed by atoms with Gasteiger partial charge in [-0.05, 0) is 70.0 Å². The maximum Gasteiger partial charge on any atom is 0.0706 e. The van der Waals surface area contributed by atoms with Crippen LogP contribution in [0.3, 0.4) is 0 Å². The van der Waals surface area contributed by atoms with Crippen molar-refractivity contribution in [2.75, 3.05) is 59.4 Å². The van der Waals surface area contributed by atoms with Gasteiger partial charge in [0.2, 0.25) is 0 Å². The maximum absolute atomic E-state index is 6.51. The summed E-state index contributed by atoms with van der Waals surface area (Å²) >= 11 is 0. The second-order valence-electron chi connectivity index (χ2n) is 10.5. The quantitative estimate of drug-likeness (QED) is 0.744. The zero-order valence-corrected chi connectivity index (χ0v) is 17.9. The van der Waals surface area contributed by atoms with Crippen LogP contribution in [0.15, 0.2) is 0 Å². The average molecular weight is 366 g/mol. The van der Waals surface area contributed by atoms with E-state index < -0.39 is 0 Å². The molecule has 3 aliphatic rings. The first-order valence-electron chi connectivity index (χ1n) is 11.2. The Bertz CT molecular complexity index is 414. The molecule has 0 aliphatic carbocycles. The molecule has 2 atom stereocenters. The Hall–Kier alpha value is -0.160. The molecule has 0 aromatic carbocycles. The van der Waals surface area contributed by atoms with Crippen LogP contribution in [0.2, 0.25) is 0 Å². The van der Waals surface area contributed by atoms with Crippen molar-refractivity contribution in [1.82, 2.24) is 14.7 Å². The van der Waals surface area contributed by atoms with Crippen molar-refractivity contribution in [3.8, 4) is 0 Å². The predicted octanol–water partition coefficient (Wildman–Crippen LogP) is 3.32. The fraction of sp³-hybridized carbons (Fsp3) is 1.00. The fourth-order valence-corrected chi connectivity index (χ4v) is 5.16. The van der Waals surface area contributed by atoms with Crippen LogP contribution >= 0.6 is 0 Å². The number of nitrogens with zero attached hydrogens (tertiary/aromatic N) is 3. The van der Waals surface area contributed by atoms with E-state index in [9.17, 15) is 0 Å². The van der Waals surface area contributed by atoms with E-state index in [-0.39, 0.29) is 0 Å². The maximum atomic E-state index is 6.51. The summed E-state index contributed by atoms with van der Waals surface area (Å²) in [5.74, 6) is 0.855. The van der Waals surface area contributed by atoms with Crippen molar-refractivity contribution in [2.45, 2.75) is 71.5 Å². The van der Waals surface area contributed by atoms with Crippen LogP contribution in [0.25, 0.3) is 0 Å². The molecular formula is C22H43N3O. The Morgan fingerprint density at radius 1 is 0.808 bits per heavy atom. The Labute approximate surface area is 162 Å². The van der Waals surface area contributed by atoms with E-state index >= 15 is 0 Å². The average Bonchev–Trinajstić information content (AvgIpc) is 2.56. The summed E-state index contributed by atoms with van der Waals surface area (Å²) in [7, 11) is 2.23. The number of piperidine rings is 3. The van der Waals surface area contributed by atoms with Crippen LogP contribution in [0, 0.1) is 11.3 Å². The van der Waals surface area contributed by atoms with Crippen molar-refractivity contribution in [3.05, 3.63) is 0 Å². The summed E-state index contributed by atoms with van der Waals surface area (Å²) in [5, 5.41) is 0. The van der Waals surface area contributed by atoms with Crippen molar-refractivity contribution < 1.29 is 4.74 Å². The van der Waals surface area contributed by atoms with Crippen LogP contribution in [0.5, 0.6) is 0 Å². The zero-order chi connectivity index (χ0) is 18.6. The molecule has 26 heavy (non-hydrogen) atoms. The Kier molecular flexibility index (Phi) is 7.40. The van der Waals surface area contributed by atoms with Gasteiger partial charge in [0.25, 0.3) is 0 Å². The van der Waals surface area contributed by atoms with Crippen LogP contribution in [0.4, 0.5) is 0 Å². The van der Waals surface area contributed by atoms with Gasteiger partial charge < -0.3 is 19.4 Å². The highest BCUT2D eigenvalue weighted by Gasteiger charge is 2.29. The van der Waals surface area contributed by atoms with Gasteiger partial charge in [-0.2, -0.15) is 0 Å². The predicted molar refractivity (Wildman–Crippen MR) is 110 cm³/mol. The molecule has 3 aliphatic heterocycles. The van der Waals surface area contributed by atoms with Gasteiger partial charge in [-0.1, -0.05) is 20.8 Å². The summed E-state index contributed by atoms with van der Waals surface area (Å²) in [6.45, 7) is 17.1. The molecule has 0 radical (unpaired) electrons. The minimum atomic E-state index is 0.417. The second-order valence-corrected chi connectivity index (χ2v) is 10.5. The molecule has 3 heterocycles. The monoisotopic (exact) mass is 365 g/mol. The van der Waals surface area contributed by atoms with Gasteiger partial charge in [0.1, 0.15) is 0 Å². The lowest BCUT2D eigenvalue weighted by Gasteiger charge is -2.41. The van der Waals surface area contributed by atoms with Crippen LogP contribution < -0.4 is 0 Å². The van der Waals surface area contributed by atoms with Gasteiger partial charge in [-0.25, -0.2) is 0 Å². The lowest BCUT2D eigenvalue weighted by molar-refractivity contribution is -0.0700. The van der Waals surface area contributed by atoms with Crippen molar-refractivity contribution in [1.29, 1.82) is 0 Å². The molecular weight excluding hydrogens is 322 g/mol. The SMILES string of the molecule is CN1CCC(OC2CCCN(CC3CCCN(CC(C)(C)C)C3)C2)CC1. The van der Waals surface area contributed by atoms with E-state index in [1.165, 1.54) is 90.9 Å². The normalized spacial score (nSPS) is 31.4. The van der Waals surface area contributed by atoms with E-state index in [4.69, 9.17) is 4.74 Å². The number of hydrogen-bond acceptors (Lipinski definition) is 4.